The van der Waals surface area contributed by atoms with Gasteiger partial charge in [0.05, 0.1) is 23.4 Å². The quantitative estimate of drug-likeness (QED) is 0.208. The van der Waals surface area contributed by atoms with Crippen LogP contribution in [0.1, 0.15) is 30.1 Å². The molecule has 0 aliphatic heterocycles. The predicted molar refractivity (Wildman–Crippen MR) is 148 cm³/mol. The summed E-state index contributed by atoms with van der Waals surface area (Å²) < 4.78 is 6.89. The molecule has 10 nitrogen and oxygen atoms in total. The Morgan fingerprint density at radius 1 is 1.03 bits per heavy atom. The van der Waals surface area contributed by atoms with Gasteiger partial charge < -0.3 is 15.0 Å². The van der Waals surface area contributed by atoms with Crippen molar-refractivity contribution in [3.05, 3.63) is 101 Å². The third kappa shape index (κ3) is 6.67. The van der Waals surface area contributed by atoms with Crippen molar-refractivity contribution < 1.29 is 19.2 Å². The second kappa shape index (κ2) is 12.5. The number of anilines is 1. The van der Waals surface area contributed by atoms with Crippen LogP contribution in [0.5, 0.6) is 5.75 Å². The summed E-state index contributed by atoms with van der Waals surface area (Å²) in [6.45, 7) is 2.17. The highest BCUT2D eigenvalue weighted by atomic mass is 16.6. The maximum absolute atomic E-state index is 13.2. The lowest BCUT2D eigenvalue weighted by Gasteiger charge is -2.22. The van der Waals surface area contributed by atoms with Crippen LogP contribution in [0.25, 0.3) is 16.9 Å². The molecule has 0 bridgehead atoms. The van der Waals surface area contributed by atoms with E-state index in [2.05, 4.69) is 5.32 Å². The molecule has 1 heterocycles. The molecule has 1 aromatic heterocycles. The zero-order chi connectivity index (χ0) is 27.8. The zero-order valence-electron chi connectivity index (χ0n) is 21.7. The molecule has 10 heteroatoms. The first-order chi connectivity index (χ1) is 18.9. The van der Waals surface area contributed by atoms with Crippen molar-refractivity contribution in [1.29, 1.82) is 0 Å². The van der Waals surface area contributed by atoms with Gasteiger partial charge in [-0.2, -0.15) is 5.10 Å². The van der Waals surface area contributed by atoms with Gasteiger partial charge in [0.15, 0.2) is 0 Å². The lowest BCUT2D eigenvalue weighted by atomic mass is 10.1. The normalized spacial score (nSPS) is 10.6. The summed E-state index contributed by atoms with van der Waals surface area (Å²) in [5.74, 6) is 0.371. The second-order valence-corrected chi connectivity index (χ2v) is 8.82. The van der Waals surface area contributed by atoms with E-state index in [1.165, 1.54) is 29.2 Å². The Balaban J connectivity index is 1.58. The molecule has 0 radical (unpaired) electrons. The number of nitrogens with one attached hydrogen (secondary N) is 1. The molecule has 1 N–H and O–H groups in total. The highest BCUT2D eigenvalue weighted by Crippen LogP contribution is 2.26. The van der Waals surface area contributed by atoms with Gasteiger partial charge in [-0.15, -0.1) is 0 Å². The summed E-state index contributed by atoms with van der Waals surface area (Å²) in [5, 5.41) is 18.6. The van der Waals surface area contributed by atoms with E-state index in [9.17, 15) is 19.7 Å². The van der Waals surface area contributed by atoms with Crippen LogP contribution in [-0.2, 0) is 4.79 Å². The van der Waals surface area contributed by atoms with Crippen LogP contribution < -0.4 is 10.1 Å². The van der Waals surface area contributed by atoms with E-state index < -0.39 is 10.8 Å². The highest BCUT2D eigenvalue weighted by molar-refractivity contribution is 5.99. The summed E-state index contributed by atoms with van der Waals surface area (Å²) in [4.78, 5) is 38.3. The van der Waals surface area contributed by atoms with Crippen molar-refractivity contribution in [3.63, 3.8) is 0 Å². The first kappa shape index (κ1) is 27.1. The first-order valence-corrected chi connectivity index (χ1v) is 12.5. The molecule has 0 spiro atoms. The van der Waals surface area contributed by atoms with Gasteiger partial charge in [-0.3, -0.25) is 19.7 Å². The molecule has 0 aliphatic carbocycles. The van der Waals surface area contributed by atoms with Crippen LogP contribution in [0.4, 0.5) is 11.5 Å². The van der Waals surface area contributed by atoms with E-state index >= 15 is 0 Å². The van der Waals surface area contributed by atoms with Gasteiger partial charge in [-0.25, -0.2) is 4.68 Å². The number of nitrogens with zero attached hydrogens (tertiary/aromatic N) is 4. The van der Waals surface area contributed by atoms with Crippen LogP contribution in [0.2, 0.25) is 0 Å². The van der Waals surface area contributed by atoms with E-state index in [-0.39, 0.29) is 23.7 Å². The number of non-ortho nitro benzene ring substituents is 1. The first-order valence-electron chi connectivity index (χ1n) is 12.5. The molecular weight excluding hydrogens is 498 g/mol. The maximum atomic E-state index is 13.2. The number of nitro groups is 1. The van der Waals surface area contributed by atoms with Crippen molar-refractivity contribution in [3.8, 4) is 22.7 Å². The Morgan fingerprint density at radius 3 is 2.33 bits per heavy atom. The molecule has 0 saturated carbocycles. The molecule has 0 unspecified atom stereocenters. The van der Waals surface area contributed by atoms with E-state index in [4.69, 9.17) is 9.84 Å². The van der Waals surface area contributed by atoms with Crippen LogP contribution >= 0.6 is 0 Å². The van der Waals surface area contributed by atoms with Crippen molar-refractivity contribution in [2.75, 3.05) is 25.5 Å². The number of methoxy groups -OCH3 is 1. The minimum Gasteiger partial charge on any atom is -0.497 e. The summed E-state index contributed by atoms with van der Waals surface area (Å²) in [5.41, 5.74) is 2.45. The smallest absolute Gasteiger partial charge is 0.269 e. The van der Waals surface area contributed by atoms with E-state index in [1.807, 2.05) is 49.4 Å². The molecule has 0 saturated heterocycles. The Morgan fingerprint density at radius 2 is 1.72 bits per heavy atom. The Kier molecular flexibility index (Phi) is 8.67. The lowest BCUT2D eigenvalue weighted by molar-refractivity contribution is -0.384. The predicted octanol–water partition coefficient (Wildman–Crippen LogP) is 5.34. The monoisotopic (exact) mass is 527 g/mol. The Bertz CT molecular complexity index is 1430. The fourth-order valence-corrected chi connectivity index (χ4v) is 4.01. The number of rotatable bonds is 11. The number of hydrogen-bond acceptors (Lipinski definition) is 6. The molecule has 2 amide bonds. The maximum Gasteiger partial charge on any atom is 0.269 e. The number of carbonyl (C=O) groups excluding carboxylic acids is 2. The summed E-state index contributed by atoms with van der Waals surface area (Å²) in [7, 11) is 1.59. The zero-order valence-corrected chi connectivity index (χ0v) is 21.7. The second-order valence-electron chi connectivity index (χ2n) is 8.82. The minimum absolute atomic E-state index is 0.106. The van der Waals surface area contributed by atoms with Gasteiger partial charge in [0.2, 0.25) is 5.91 Å². The molecule has 200 valence electrons. The van der Waals surface area contributed by atoms with Crippen molar-refractivity contribution >= 4 is 23.3 Å². The fraction of sp³-hybridized carbons (Fsp3) is 0.207. The summed E-state index contributed by atoms with van der Waals surface area (Å²) in [6.07, 6.45) is 1.53. The van der Waals surface area contributed by atoms with Crippen LogP contribution in [-0.4, -0.2) is 51.6 Å². The number of carbonyl (C=O) groups is 2. The van der Waals surface area contributed by atoms with Crippen LogP contribution in [0, 0.1) is 10.1 Å². The molecular formula is C29H29N5O5. The van der Waals surface area contributed by atoms with E-state index in [0.717, 1.165) is 17.7 Å². The van der Waals surface area contributed by atoms with Gasteiger partial charge in [-0.1, -0.05) is 43.7 Å². The third-order valence-corrected chi connectivity index (χ3v) is 6.09. The number of hydrogen-bond donors (Lipinski definition) is 1. The number of unbranched alkanes of at least 4 members (excludes halogenated alkanes) is 1. The topological polar surface area (TPSA) is 120 Å². The van der Waals surface area contributed by atoms with Gasteiger partial charge in [0.25, 0.3) is 11.6 Å². The molecule has 4 rings (SSSR count). The summed E-state index contributed by atoms with van der Waals surface area (Å²) in [6, 6.07) is 24.0. The average Bonchev–Trinajstić information content (AvgIpc) is 3.39. The van der Waals surface area contributed by atoms with Crippen LogP contribution in [0.3, 0.4) is 0 Å². The van der Waals surface area contributed by atoms with Gasteiger partial charge in [0, 0.05) is 35.9 Å². The fourth-order valence-electron chi connectivity index (χ4n) is 4.01. The molecule has 0 fully saturated rings. The van der Waals surface area contributed by atoms with Gasteiger partial charge in [0.1, 0.15) is 18.1 Å². The molecule has 0 atom stereocenters. The minimum atomic E-state index is -0.522. The molecule has 4 aromatic rings. The standard InChI is InChI=1S/C29H29N5O5/c1-3-4-18-32(29(36)22-10-12-24(13-11-22)34(37)38)20-28(35)30-27-19-26(21-8-6-5-7-9-21)31-33(27)23-14-16-25(39-2)17-15-23/h5-17,19H,3-4,18,20H2,1-2H3,(H,30,35). The number of amides is 2. The number of aromatic nitrogens is 2. The number of nitro benzene ring substituents is 1. The SMILES string of the molecule is CCCCN(CC(=O)Nc1cc(-c2ccccc2)nn1-c1ccc(OC)cc1)C(=O)c1ccc([N+](=O)[O-])cc1. The van der Waals surface area contributed by atoms with E-state index in [1.54, 1.807) is 30.0 Å². The van der Waals surface area contributed by atoms with E-state index in [0.29, 0.717) is 30.2 Å². The largest absolute Gasteiger partial charge is 0.497 e. The molecule has 0 aliphatic rings. The van der Waals surface area contributed by atoms with Gasteiger partial charge >= 0.3 is 0 Å². The highest BCUT2D eigenvalue weighted by Gasteiger charge is 2.21. The Hall–Kier alpha value is -4.99. The molecule has 39 heavy (non-hydrogen) atoms. The van der Waals surface area contributed by atoms with Crippen molar-refractivity contribution in [1.82, 2.24) is 14.7 Å². The van der Waals surface area contributed by atoms with Crippen molar-refractivity contribution in [2.24, 2.45) is 0 Å². The average molecular weight is 528 g/mol. The number of benzene rings is 3. The molecule has 3 aromatic carbocycles. The van der Waals surface area contributed by atoms with Crippen LogP contribution in [0.15, 0.2) is 84.9 Å². The Labute approximate surface area is 226 Å². The number of ether oxygens (including phenoxy) is 1. The van der Waals surface area contributed by atoms with Gasteiger partial charge in [-0.05, 0) is 42.8 Å². The summed E-state index contributed by atoms with van der Waals surface area (Å²) >= 11 is 0. The third-order valence-electron chi connectivity index (χ3n) is 6.09. The van der Waals surface area contributed by atoms with Crippen molar-refractivity contribution in [2.45, 2.75) is 19.8 Å². The lowest BCUT2D eigenvalue weighted by Crippen LogP contribution is -2.39.